The standard InChI is InChI=1S/C46H78NO10P/c1-3-5-7-9-11-13-15-17-19-20-21-22-24-26-28-30-32-34-36-38-45(49)57-42(40-55-58(52,53)56-41-43(47)46(50)51)39-54-44(48)37-35-33-31-29-27-25-23-18-16-14-12-10-8-6-4-2/h4-5,7,11,13,17,19,21-22,26,28,42-43H,2-3,6,8-10,12,14-16,18,20,23-25,27,29-41,47H2,1H3,(H,50,51)(H,52,53)/b7-5+,13-11+,19-17+,22-21+,28-26+/t42-,43+/m1/s1. The third kappa shape index (κ3) is 39.7. The maximum atomic E-state index is 12.6. The third-order valence-electron chi connectivity index (χ3n) is 9.08. The van der Waals surface area contributed by atoms with Crippen LogP contribution in [0, 0.1) is 0 Å². The molecule has 0 aliphatic heterocycles. The van der Waals surface area contributed by atoms with Crippen LogP contribution in [0.4, 0.5) is 0 Å². The molecule has 0 bridgehead atoms. The van der Waals surface area contributed by atoms with E-state index in [1.165, 1.54) is 57.8 Å². The maximum absolute atomic E-state index is 12.6. The molecule has 0 radical (unpaired) electrons. The molecule has 1 unspecified atom stereocenters. The lowest BCUT2D eigenvalue weighted by Gasteiger charge is -2.20. The number of phosphoric acid groups is 1. The van der Waals surface area contributed by atoms with Gasteiger partial charge in [0.15, 0.2) is 6.10 Å². The number of carbonyl (C=O) groups is 3. The van der Waals surface area contributed by atoms with Gasteiger partial charge in [-0.1, -0.05) is 151 Å². The van der Waals surface area contributed by atoms with Crippen LogP contribution in [0.15, 0.2) is 73.4 Å². The first-order valence-electron chi connectivity index (χ1n) is 21.9. The highest BCUT2D eigenvalue weighted by molar-refractivity contribution is 7.47. The molecule has 0 rings (SSSR count). The van der Waals surface area contributed by atoms with Crippen molar-refractivity contribution in [1.29, 1.82) is 0 Å². The number of carboxylic acids is 1. The van der Waals surface area contributed by atoms with Crippen molar-refractivity contribution in [2.45, 2.75) is 180 Å². The minimum atomic E-state index is -4.73. The molecule has 4 N–H and O–H groups in total. The van der Waals surface area contributed by atoms with Crippen LogP contribution >= 0.6 is 7.82 Å². The first-order chi connectivity index (χ1) is 28.1. The van der Waals surface area contributed by atoms with Gasteiger partial charge in [0.1, 0.15) is 12.6 Å². The second-order valence-corrected chi connectivity index (χ2v) is 16.0. The van der Waals surface area contributed by atoms with Crippen LogP contribution in [-0.2, 0) is 37.5 Å². The molecule has 0 saturated heterocycles. The van der Waals surface area contributed by atoms with Crippen molar-refractivity contribution in [3.05, 3.63) is 73.4 Å². The van der Waals surface area contributed by atoms with Crippen molar-refractivity contribution in [2.75, 3.05) is 19.8 Å². The number of esters is 2. The summed E-state index contributed by atoms with van der Waals surface area (Å²) in [6.45, 7) is 4.17. The molecule has 0 aromatic rings. The minimum Gasteiger partial charge on any atom is -0.480 e. The molecule has 0 aromatic heterocycles. The molecule has 0 amide bonds. The van der Waals surface area contributed by atoms with Crippen LogP contribution in [0.2, 0.25) is 0 Å². The smallest absolute Gasteiger partial charge is 0.472 e. The lowest BCUT2D eigenvalue weighted by atomic mass is 10.0. The van der Waals surface area contributed by atoms with E-state index < -0.39 is 51.1 Å². The zero-order valence-corrected chi connectivity index (χ0v) is 36.6. The predicted molar refractivity (Wildman–Crippen MR) is 235 cm³/mol. The number of ether oxygens (including phenoxy) is 2. The molecule has 0 fully saturated rings. The van der Waals surface area contributed by atoms with Gasteiger partial charge in [-0.25, -0.2) is 4.57 Å². The molecule has 11 nitrogen and oxygen atoms in total. The van der Waals surface area contributed by atoms with Crippen molar-refractivity contribution >= 4 is 25.7 Å². The number of rotatable bonds is 41. The van der Waals surface area contributed by atoms with E-state index in [1.54, 1.807) is 0 Å². The van der Waals surface area contributed by atoms with E-state index in [2.05, 4.69) is 78.8 Å². The molecule has 0 aliphatic rings. The Morgan fingerprint density at radius 1 is 0.586 bits per heavy atom. The fourth-order valence-corrected chi connectivity index (χ4v) is 6.44. The Morgan fingerprint density at radius 2 is 1.00 bits per heavy atom. The largest absolute Gasteiger partial charge is 0.480 e. The Balaban J connectivity index is 4.42. The van der Waals surface area contributed by atoms with Gasteiger partial charge in [-0.15, -0.1) is 6.58 Å². The van der Waals surface area contributed by atoms with E-state index in [-0.39, 0.29) is 19.4 Å². The topological polar surface area (TPSA) is 172 Å². The fraction of sp³-hybridized carbons (Fsp3) is 0.674. The van der Waals surface area contributed by atoms with Gasteiger partial charge in [-0.05, 0) is 70.6 Å². The molecule has 0 aromatic carbocycles. The highest BCUT2D eigenvalue weighted by atomic mass is 31.2. The Kier molecular flexibility index (Phi) is 38.5. The number of carbonyl (C=O) groups excluding carboxylic acids is 2. The molecule has 0 spiro atoms. The molecule has 3 atom stereocenters. The van der Waals surface area contributed by atoms with Gasteiger partial charge < -0.3 is 25.2 Å². The van der Waals surface area contributed by atoms with Crippen molar-refractivity contribution in [2.24, 2.45) is 5.73 Å². The first-order valence-corrected chi connectivity index (χ1v) is 23.4. The van der Waals surface area contributed by atoms with Gasteiger partial charge in [0, 0.05) is 12.8 Å². The number of allylic oxidation sites excluding steroid dienone is 11. The van der Waals surface area contributed by atoms with E-state index in [0.29, 0.717) is 12.8 Å². The fourth-order valence-electron chi connectivity index (χ4n) is 5.66. The quantitative estimate of drug-likeness (QED) is 0.0232. The van der Waals surface area contributed by atoms with Gasteiger partial charge in [0.2, 0.25) is 0 Å². The van der Waals surface area contributed by atoms with Gasteiger partial charge in [0.25, 0.3) is 0 Å². The van der Waals surface area contributed by atoms with Crippen molar-refractivity contribution in [3.63, 3.8) is 0 Å². The van der Waals surface area contributed by atoms with Crippen molar-refractivity contribution in [1.82, 2.24) is 0 Å². The number of phosphoric ester groups is 1. The summed E-state index contributed by atoms with van der Waals surface area (Å²) in [6, 6.07) is -1.53. The first kappa shape index (κ1) is 54.9. The zero-order chi connectivity index (χ0) is 42.8. The molecule has 0 heterocycles. The van der Waals surface area contributed by atoms with Crippen molar-refractivity contribution in [3.8, 4) is 0 Å². The number of carboxylic acid groups (broad SMARTS) is 1. The molecular weight excluding hydrogens is 757 g/mol. The summed E-state index contributed by atoms with van der Waals surface area (Å²) in [7, 11) is -4.73. The molecule has 332 valence electrons. The summed E-state index contributed by atoms with van der Waals surface area (Å²) in [5.74, 6) is -2.43. The minimum absolute atomic E-state index is 0.118. The summed E-state index contributed by atoms with van der Waals surface area (Å²) in [5, 5.41) is 8.89. The summed E-state index contributed by atoms with van der Waals surface area (Å²) in [5.41, 5.74) is 5.33. The summed E-state index contributed by atoms with van der Waals surface area (Å²) in [4.78, 5) is 46.0. The summed E-state index contributed by atoms with van der Waals surface area (Å²) in [6.07, 6.45) is 47.1. The van der Waals surface area contributed by atoms with Crippen LogP contribution < -0.4 is 5.73 Å². The Labute approximate surface area is 350 Å². The second kappa shape index (κ2) is 40.7. The number of nitrogens with two attached hydrogens (primary N) is 1. The number of aliphatic carboxylic acids is 1. The van der Waals surface area contributed by atoms with E-state index in [4.69, 9.17) is 24.8 Å². The highest BCUT2D eigenvalue weighted by Crippen LogP contribution is 2.43. The predicted octanol–water partition coefficient (Wildman–Crippen LogP) is 11.7. The van der Waals surface area contributed by atoms with Crippen LogP contribution in [-0.4, -0.2) is 59.9 Å². The summed E-state index contributed by atoms with van der Waals surface area (Å²) < 4.78 is 32.7. The second-order valence-electron chi connectivity index (χ2n) is 14.5. The van der Waals surface area contributed by atoms with Crippen LogP contribution in [0.25, 0.3) is 0 Å². The van der Waals surface area contributed by atoms with E-state index >= 15 is 0 Å². The van der Waals surface area contributed by atoms with E-state index in [0.717, 1.165) is 77.0 Å². The maximum Gasteiger partial charge on any atom is 0.472 e. The van der Waals surface area contributed by atoms with Gasteiger partial charge in [0.05, 0.1) is 13.2 Å². The lowest BCUT2D eigenvalue weighted by molar-refractivity contribution is -0.161. The zero-order valence-electron chi connectivity index (χ0n) is 35.7. The molecule has 12 heteroatoms. The van der Waals surface area contributed by atoms with Crippen molar-refractivity contribution < 1.29 is 47.5 Å². The average molecular weight is 836 g/mol. The Hall–Kier alpha value is -3.08. The number of hydrogen-bond acceptors (Lipinski definition) is 9. The highest BCUT2D eigenvalue weighted by Gasteiger charge is 2.28. The SMILES string of the molecule is C=CCCCCCCCCCCCCCCCC(=O)OC[C@H](COP(=O)(O)OC[C@H](N)C(=O)O)OC(=O)CCCCC/C=C/C/C=C/C/C=C/C/C=C/C/C=C/CC. The Morgan fingerprint density at radius 3 is 1.50 bits per heavy atom. The van der Waals surface area contributed by atoms with Gasteiger partial charge in [-0.2, -0.15) is 0 Å². The molecule has 0 saturated carbocycles. The van der Waals surface area contributed by atoms with Crippen LogP contribution in [0.1, 0.15) is 167 Å². The van der Waals surface area contributed by atoms with E-state index in [9.17, 15) is 23.8 Å². The molecular formula is C46H78NO10P. The number of hydrogen-bond donors (Lipinski definition) is 3. The monoisotopic (exact) mass is 836 g/mol. The van der Waals surface area contributed by atoms with E-state index in [1.807, 2.05) is 6.08 Å². The molecule has 58 heavy (non-hydrogen) atoms. The normalized spacial score (nSPS) is 14.2. The average Bonchev–Trinajstić information content (AvgIpc) is 3.20. The number of unbranched alkanes of at least 4 members (excludes halogenated alkanes) is 16. The molecule has 0 aliphatic carbocycles. The van der Waals surface area contributed by atoms with Gasteiger partial charge in [-0.3, -0.25) is 23.4 Å². The van der Waals surface area contributed by atoms with Gasteiger partial charge >= 0.3 is 25.7 Å². The summed E-state index contributed by atoms with van der Waals surface area (Å²) >= 11 is 0. The van der Waals surface area contributed by atoms with Crippen LogP contribution in [0.5, 0.6) is 0 Å². The Bertz CT molecular complexity index is 1240. The third-order valence-corrected chi connectivity index (χ3v) is 10.0. The van der Waals surface area contributed by atoms with Crippen LogP contribution in [0.3, 0.4) is 0 Å². The lowest BCUT2D eigenvalue weighted by Crippen LogP contribution is -2.34.